The summed E-state index contributed by atoms with van der Waals surface area (Å²) in [7, 11) is 0. The van der Waals surface area contributed by atoms with Crippen LogP contribution in [0.2, 0.25) is 0 Å². The SMILES string of the molecule is O=[N+]([O-])c1ccc(C2OCCn3cncc32)cc1. The smallest absolute Gasteiger partial charge is 0.269 e. The van der Waals surface area contributed by atoms with Gasteiger partial charge in [-0.25, -0.2) is 4.98 Å². The molecule has 2 aromatic rings. The number of fused-ring (bicyclic) bond motifs is 1. The van der Waals surface area contributed by atoms with Crippen LogP contribution in [0.25, 0.3) is 0 Å². The van der Waals surface area contributed by atoms with E-state index in [1.807, 2.05) is 4.57 Å². The lowest BCUT2D eigenvalue weighted by Gasteiger charge is -2.24. The van der Waals surface area contributed by atoms with Crippen molar-refractivity contribution in [3.63, 3.8) is 0 Å². The number of ether oxygens (including phenoxy) is 1. The quantitative estimate of drug-likeness (QED) is 0.598. The third-order valence-corrected chi connectivity index (χ3v) is 3.04. The predicted molar refractivity (Wildman–Crippen MR) is 63.1 cm³/mol. The molecular weight excluding hydrogens is 234 g/mol. The highest BCUT2D eigenvalue weighted by molar-refractivity contribution is 5.36. The van der Waals surface area contributed by atoms with Gasteiger partial charge in [-0.2, -0.15) is 0 Å². The molecule has 0 aliphatic carbocycles. The molecule has 18 heavy (non-hydrogen) atoms. The maximum absolute atomic E-state index is 10.6. The highest BCUT2D eigenvalue weighted by atomic mass is 16.6. The molecule has 3 rings (SSSR count). The van der Waals surface area contributed by atoms with E-state index in [1.54, 1.807) is 24.7 Å². The van der Waals surface area contributed by atoms with Gasteiger partial charge in [0.1, 0.15) is 6.10 Å². The van der Waals surface area contributed by atoms with Crippen molar-refractivity contribution in [2.45, 2.75) is 12.6 Å². The Balaban J connectivity index is 1.95. The van der Waals surface area contributed by atoms with E-state index in [2.05, 4.69) is 4.98 Å². The van der Waals surface area contributed by atoms with Crippen LogP contribution in [0.5, 0.6) is 0 Å². The Kier molecular flexibility index (Phi) is 2.56. The molecule has 1 unspecified atom stereocenters. The van der Waals surface area contributed by atoms with Gasteiger partial charge in [0.25, 0.3) is 5.69 Å². The second-order valence-corrected chi connectivity index (χ2v) is 4.11. The van der Waals surface area contributed by atoms with Crippen LogP contribution in [0.4, 0.5) is 5.69 Å². The van der Waals surface area contributed by atoms with Crippen molar-refractivity contribution in [3.05, 3.63) is 58.2 Å². The molecule has 0 N–H and O–H groups in total. The molecule has 1 aromatic carbocycles. The monoisotopic (exact) mass is 245 g/mol. The molecule has 1 aliphatic heterocycles. The average Bonchev–Trinajstić information content (AvgIpc) is 2.87. The summed E-state index contributed by atoms with van der Waals surface area (Å²) in [5, 5.41) is 10.6. The first-order chi connectivity index (χ1) is 8.75. The maximum atomic E-state index is 10.6. The summed E-state index contributed by atoms with van der Waals surface area (Å²) < 4.78 is 7.76. The summed E-state index contributed by atoms with van der Waals surface area (Å²) in [4.78, 5) is 14.3. The van der Waals surface area contributed by atoms with Crippen molar-refractivity contribution in [1.29, 1.82) is 0 Å². The molecule has 6 heteroatoms. The number of hydrogen-bond acceptors (Lipinski definition) is 4. The highest BCUT2D eigenvalue weighted by Gasteiger charge is 2.23. The van der Waals surface area contributed by atoms with Crippen LogP contribution >= 0.6 is 0 Å². The van der Waals surface area contributed by atoms with Crippen molar-refractivity contribution in [2.24, 2.45) is 0 Å². The molecule has 1 atom stereocenters. The van der Waals surface area contributed by atoms with Crippen LogP contribution in [0.15, 0.2) is 36.8 Å². The van der Waals surface area contributed by atoms with Gasteiger partial charge in [-0.15, -0.1) is 0 Å². The summed E-state index contributed by atoms with van der Waals surface area (Å²) in [5.74, 6) is 0. The first-order valence-corrected chi connectivity index (χ1v) is 5.61. The lowest BCUT2D eigenvalue weighted by Crippen LogP contribution is -2.21. The van der Waals surface area contributed by atoms with Crippen LogP contribution in [-0.2, 0) is 11.3 Å². The van der Waals surface area contributed by atoms with E-state index in [0.717, 1.165) is 17.8 Å². The molecule has 1 aromatic heterocycles. The number of rotatable bonds is 2. The zero-order valence-corrected chi connectivity index (χ0v) is 9.52. The molecule has 0 bridgehead atoms. The number of non-ortho nitro benzene ring substituents is 1. The fraction of sp³-hybridized carbons (Fsp3) is 0.250. The molecule has 1 aliphatic rings. The van der Waals surface area contributed by atoms with E-state index < -0.39 is 4.92 Å². The summed E-state index contributed by atoms with van der Waals surface area (Å²) in [5.41, 5.74) is 1.97. The number of nitro groups is 1. The van der Waals surface area contributed by atoms with E-state index in [1.165, 1.54) is 12.1 Å². The summed E-state index contributed by atoms with van der Waals surface area (Å²) in [6.45, 7) is 1.41. The van der Waals surface area contributed by atoms with Crippen LogP contribution in [-0.4, -0.2) is 21.1 Å². The standard InChI is InChI=1S/C12H11N3O3/c16-15(17)10-3-1-9(2-4-10)12-11-7-13-8-14(11)5-6-18-12/h1-4,7-8,12H,5-6H2. The second-order valence-electron chi connectivity index (χ2n) is 4.11. The van der Waals surface area contributed by atoms with Gasteiger partial charge in [0.15, 0.2) is 0 Å². The summed E-state index contributed by atoms with van der Waals surface area (Å²) >= 11 is 0. The Morgan fingerprint density at radius 1 is 1.39 bits per heavy atom. The molecular formula is C12H11N3O3. The second kappa shape index (κ2) is 4.23. The number of nitrogens with zero attached hydrogens (tertiary/aromatic N) is 3. The Hall–Kier alpha value is -2.21. The van der Waals surface area contributed by atoms with Crippen molar-refractivity contribution in [3.8, 4) is 0 Å². The van der Waals surface area contributed by atoms with Crippen molar-refractivity contribution in [2.75, 3.05) is 6.61 Å². The van der Waals surface area contributed by atoms with Crippen LogP contribution in [0.3, 0.4) is 0 Å². The van der Waals surface area contributed by atoms with Gasteiger partial charge in [0.2, 0.25) is 0 Å². The number of nitro benzene ring substituents is 1. The number of benzene rings is 1. The Labute approximate surface area is 103 Å². The van der Waals surface area contributed by atoms with Crippen molar-refractivity contribution >= 4 is 5.69 Å². The number of aromatic nitrogens is 2. The van der Waals surface area contributed by atoms with Crippen molar-refractivity contribution in [1.82, 2.24) is 9.55 Å². The molecule has 2 heterocycles. The van der Waals surface area contributed by atoms with E-state index in [4.69, 9.17) is 4.74 Å². The first kappa shape index (κ1) is 10.9. The Morgan fingerprint density at radius 2 is 2.17 bits per heavy atom. The number of imidazole rings is 1. The molecule has 0 radical (unpaired) electrons. The topological polar surface area (TPSA) is 70.2 Å². The van der Waals surface area contributed by atoms with Gasteiger partial charge in [0.05, 0.1) is 29.7 Å². The lowest BCUT2D eigenvalue weighted by atomic mass is 10.1. The molecule has 6 nitrogen and oxygen atoms in total. The molecule has 92 valence electrons. The summed E-state index contributed by atoms with van der Waals surface area (Å²) in [6.07, 6.45) is 3.35. The van der Waals surface area contributed by atoms with Gasteiger partial charge in [-0.1, -0.05) is 0 Å². The van der Waals surface area contributed by atoms with Gasteiger partial charge in [0, 0.05) is 18.7 Å². The van der Waals surface area contributed by atoms with Gasteiger partial charge in [-0.3, -0.25) is 10.1 Å². The Bertz CT molecular complexity index is 577. The predicted octanol–water partition coefficient (Wildman–Crippen LogP) is 1.91. The van der Waals surface area contributed by atoms with E-state index in [9.17, 15) is 10.1 Å². The third-order valence-electron chi connectivity index (χ3n) is 3.04. The fourth-order valence-corrected chi connectivity index (χ4v) is 2.13. The fourth-order valence-electron chi connectivity index (χ4n) is 2.13. The normalized spacial score (nSPS) is 18.3. The molecule has 0 fully saturated rings. The first-order valence-electron chi connectivity index (χ1n) is 5.61. The highest BCUT2D eigenvalue weighted by Crippen LogP contribution is 2.29. The molecule has 0 amide bonds. The zero-order valence-electron chi connectivity index (χ0n) is 9.52. The Morgan fingerprint density at radius 3 is 2.89 bits per heavy atom. The molecule has 0 spiro atoms. The average molecular weight is 245 g/mol. The van der Waals surface area contributed by atoms with Gasteiger partial charge < -0.3 is 9.30 Å². The summed E-state index contributed by atoms with van der Waals surface area (Å²) in [6, 6.07) is 6.44. The van der Waals surface area contributed by atoms with Gasteiger partial charge >= 0.3 is 0 Å². The maximum Gasteiger partial charge on any atom is 0.269 e. The minimum atomic E-state index is -0.407. The van der Waals surface area contributed by atoms with Crippen LogP contribution in [0.1, 0.15) is 17.4 Å². The lowest BCUT2D eigenvalue weighted by molar-refractivity contribution is -0.384. The van der Waals surface area contributed by atoms with Crippen molar-refractivity contribution < 1.29 is 9.66 Å². The van der Waals surface area contributed by atoms with Crippen LogP contribution < -0.4 is 0 Å². The van der Waals surface area contributed by atoms with E-state index in [-0.39, 0.29) is 11.8 Å². The van der Waals surface area contributed by atoms with Gasteiger partial charge in [-0.05, 0) is 17.7 Å². The number of hydrogen-bond donors (Lipinski definition) is 0. The zero-order chi connectivity index (χ0) is 12.5. The third kappa shape index (κ3) is 1.76. The largest absolute Gasteiger partial charge is 0.365 e. The van der Waals surface area contributed by atoms with Crippen LogP contribution in [0, 0.1) is 10.1 Å². The minimum absolute atomic E-state index is 0.0862. The molecule has 0 saturated heterocycles. The minimum Gasteiger partial charge on any atom is -0.365 e. The molecule has 0 saturated carbocycles. The van der Waals surface area contributed by atoms with E-state index >= 15 is 0 Å². The van der Waals surface area contributed by atoms with E-state index in [0.29, 0.717) is 6.61 Å².